The van der Waals surface area contributed by atoms with Crippen LogP contribution in [0.3, 0.4) is 0 Å². The second-order valence-corrected chi connectivity index (χ2v) is 10.8. The molecule has 6 nitrogen and oxygen atoms in total. The number of amides is 1. The Morgan fingerprint density at radius 2 is 1.64 bits per heavy atom. The average Bonchev–Trinajstić information content (AvgIpc) is 3.14. The topological polar surface area (TPSA) is 71.7 Å². The molecule has 0 saturated heterocycles. The van der Waals surface area contributed by atoms with Gasteiger partial charge in [0.1, 0.15) is 0 Å². The third-order valence-electron chi connectivity index (χ3n) is 5.58. The number of hydrogen-bond acceptors (Lipinski definition) is 4. The van der Waals surface area contributed by atoms with Gasteiger partial charge < -0.3 is 4.57 Å². The minimum atomic E-state index is -3.58. The van der Waals surface area contributed by atoms with Gasteiger partial charge in [0.15, 0.2) is 4.80 Å². The summed E-state index contributed by atoms with van der Waals surface area (Å²) < 4.78 is 30.4. The van der Waals surface area contributed by atoms with E-state index in [1.807, 2.05) is 43.7 Å². The number of rotatable bonds is 7. The summed E-state index contributed by atoms with van der Waals surface area (Å²) in [5, 5.41) is 2.27. The molecular formula is C25H27N3O3S2. The second-order valence-electron chi connectivity index (χ2n) is 7.92. The van der Waals surface area contributed by atoms with Crippen molar-refractivity contribution in [2.75, 3.05) is 13.1 Å². The molecule has 1 heterocycles. The van der Waals surface area contributed by atoms with Crippen LogP contribution in [-0.2, 0) is 17.1 Å². The molecule has 0 fully saturated rings. The van der Waals surface area contributed by atoms with Crippen molar-refractivity contribution in [3.8, 4) is 0 Å². The molecule has 3 aromatic carbocycles. The molecular weight excluding hydrogens is 454 g/mol. The van der Waals surface area contributed by atoms with Crippen molar-refractivity contribution in [2.45, 2.75) is 31.6 Å². The number of thiazole rings is 1. The molecule has 172 valence electrons. The molecule has 0 aliphatic carbocycles. The molecule has 0 aliphatic heterocycles. The first-order valence-corrected chi connectivity index (χ1v) is 13.3. The second kappa shape index (κ2) is 9.59. The van der Waals surface area contributed by atoms with Crippen LogP contribution in [-0.4, -0.2) is 36.3 Å². The highest BCUT2D eigenvalue weighted by Crippen LogP contribution is 2.27. The minimum Gasteiger partial charge on any atom is -0.319 e. The highest BCUT2D eigenvalue weighted by Gasteiger charge is 2.23. The van der Waals surface area contributed by atoms with Gasteiger partial charge in [-0.3, -0.25) is 4.79 Å². The van der Waals surface area contributed by atoms with Crippen LogP contribution < -0.4 is 4.80 Å². The molecule has 4 aromatic rings. The third kappa shape index (κ3) is 4.51. The SMILES string of the molecule is CCCN(CCC)S(=O)(=O)c1ccc(C(=O)N=c2sc3c4ccccc4ccc3n2C)cc1. The summed E-state index contributed by atoms with van der Waals surface area (Å²) in [6.07, 6.45) is 1.49. The molecule has 1 aromatic heterocycles. The van der Waals surface area contributed by atoms with E-state index < -0.39 is 15.9 Å². The number of benzene rings is 3. The Hall–Kier alpha value is -2.81. The van der Waals surface area contributed by atoms with Crippen molar-refractivity contribution in [2.24, 2.45) is 12.0 Å². The zero-order valence-corrected chi connectivity index (χ0v) is 20.6. The molecule has 33 heavy (non-hydrogen) atoms. The number of fused-ring (bicyclic) bond motifs is 3. The maximum Gasteiger partial charge on any atom is 0.279 e. The Morgan fingerprint density at radius 1 is 0.970 bits per heavy atom. The molecule has 0 radical (unpaired) electrons. The number of nitrogens with zero attached hydrogens (tertiary/aromatic N) is 3. The van der Waals surface area contributed by atoms with Crippen molar-refractivity contribution in [3.63, 3.8) is 0 Å². The van der Waals surface area contributed by atoms with Crippen LogP contribution in [0.15, 0.2) is 70.6 Å². The quantitative estimate of drug-likeness (QED) is 0.375. The average molecular weight is 482 g/mol. The van der Waals surface area contributed by atoms with Crippen LogP contribution in [0.1, 0.15) is 37.0 Å². The molecule has 0 saturated carbocycles. The predicted octanol–water partition coefficient (Wildman–Crippen LogP) is 4.94. The summed E-state index contributed by atoms with van der Waals surface area (Å²) in [5.41, 5.74) is 1.37. The summed E-state index contributed by atoms with van der Waals surface area (Å²) in [6.45, 7) is 4.86. The largest absolute Gasteiger partial charge is 0.319 e. The lowest BCUT2D eigenvalue weighted by Crippen LogP contribution is -2.32. The maximum atomic E-state index is 13.0. The van der Waals surface area contributed by atoms with Gasteiger partial charge in [-0.2, -0.15) is 9.30 Å². The first-order chi connectivity index (χ1) is 15.9. The van der Waals surface area contributed by atoms with E-state index >= 15 is 0 Å². The van der Waals surface area contributed by atoms with Gasteiger partial charge in [0, 0.05) is 31.1 Å². The molecule has 0 N–H and O–H groups in total. The zero-order valence-electron chi connectivity index (χ0n) is 19.0. The Morgan fingerprint density at radius 3 is 2.30 bits per heavy atom. The van der Waals surface area contributed by atoms with Crippen LogP contribution in [0.2, 0.25) is 0 Å². The van der Waals surface area contributed by atoms with Crippen molar-refractivity contribution >= 4 is 48.3 Å². The number of sulfonamides is 1. The van der Waals surface area contributed by atoms with Gasteiger partial charge >= 0.3 is 0 Å². The Bertz CT molecular complexity index is 1480. The first-order valence-electron chi connectivity index (χ1n) is 11.0. The summed E-state index contributed by atoms with van der Waals surface area (Å²) in [4.78, 5) is 18.0. The standard InChI is InChI=1S/C25H27N3O3S2/c1-4-16-28(17-5-2)33(30,31)20-13-10-19(11-14-20)24(29)26-25-27(3)22-15-12-18-8-6-7-9-21(18)23(22)32-25/h6-15H,4-5,16-17H2,1-3H3. The lowest BCUT2D eigenvalue weighted by atomic mass is 10.1. The van der Waals surface area contributed by atoms with Crippen molar-refractivity contribution in [3.05, 3.63) is 71.0 Å². The van der Waals surface area contributed by atoms with Crippen molar-refractivity contribution < 1.29 is 13.2 Å². The summed E-state index contributed by atoms with van der Waals surface area (Å²) in [5.74, 6) is -0.399. The molecule has 1 amide bonds. The smallest absolute Gasteiger partial charge is 0.279 e. The Kier molecular flexibility index (Phi) is 6.78. The number of aryl methyl sites for hydroxylation is 1. The summed E-state index contributed by atoms with van der Waals surface area (Å²) >= 11 is 1.47. The van der Waals surface area contributed by atoms with Crippen molar-refractivity contribution in [1.82, 2.24) is 8.87 Å². The first kappa shape index (κ1) is 23.4. The molecule has 0 bridgehead atoms. The summed E-state index contributed by atoms with van der Waals surface area (Å²) in [6, 6.07) is 18.3. The van der Waals surface area contributed by atoms with E-state index in [0.717, 1.165) is 33.8 Å². The van der Waals surface area contributed by atoms with Crippen LogP contribution in [0.25, 0.3) is 21.0 Å². The minimum absolute atomic E-state index is 0.194. The van der Waals surface area contributed by atoms with E-state index in [9.17, 15) is 13.2 Å². The summed E-state index contributed by atoms with van der Waals surface area (Å²) in [7, 11) is -1.69. The molecule has 8 heteroatoms. The fraction of sp³-hybridized carbons (Fsp3) is 0.280. The van der Waals surface area contributed by atoms with Crippen LogP contribution in [0.5, 0.6) is 0 Å². The van der Waals surface area contributed by atoms with Gasteiger partial charge in [-0.15, -0.1) is 0 Å². The fourth-order valence-electron chi connectivity index (χ4n) is 3.88. The number of aromatic nitrogens is 1. The number of carbonyl (C=O) groups is 1. The lowest BCUT2D eigenvalue weighted by Gasteiger charge is -2.21. The van der Waals surface area contributed by atoms with Gasteiger partial charge in [0.25, 0.3) is 5.91 Å². The highest BCUT2D eigenvalue weighted by atomic mass is 32.2. The molecule has 0 aliphatic rings. The normalized spacial score (nSPS) is 12.8. The molecule has 4 rings (SSSR count). The van der Waals surface area contributed by atoms with E-state index in [2.05, 4.69) is 23.2 Å². The third-order valence-corrected chi connectivity index (χ3v) is 8.68. The Labute approximate surface area is 197 Å². The number of hydrogen-bond donors (Lipinski definition) is 0. The van der Waals surface area contributed by atoms with Gasteiger partial charge in [0.2, 0.25) is 10.0 Å². The fourth-order valence-corrected chi connectivity index (χ4v) is 6.66. The monoisotopic (exact) mass is 481 g/mol. The van der Waals surface area contributed by atoms with Gasteiger partial charge in [0.05, 0.1) is 15.1 Å². The van der Waals surface area contributed by atoms with E-state index in [1.54, 1.807) is 0 Å². The molecule has 0 atom stereocenters. The number of carbonyl (C=O) groups excluding carboxylic acids is 1. The molecule has 0 spiro atoms. The van der Waals surface area contributed by atoms with E-state index in [0.29, 0.717) is 23.5 Å². The van der Waals surface area contributed by atoms with Crippen LogP contribution in [0, 0.1) is 0 Å². The van der Waals surface area contributed by atoms with Gasteiger partial charge in [-0.25, -0.2) is 8.42 Å². The lowest BCUT2D eigenvalue weighted by molar-refractivity contribution is 0.0998. The maximum absolute atomic E-state index is 13.0. The van der Waals surface area contributed by atoms with E-state index in [4.69, 9.17) is 0 Å². The molecule has 0 unspecified atom stereocenters. The van der Waals surface area contributed by atoms with E-state index in [1.165, 1.54) is 39.9 Å². The van der Waals surface area contributed by atoms with Crippen LogP contribution in [0.4, 0.5) is 0 Å². The van der Waals surface area contributed by atoms with Gasteiger partial charge in [-0.05, 0) is 48.6 Å². The predicted molar refractivity (Wildman–Crippen MR) is 134 cm³/mol. The van der Waals surface area contributed by atoms with E-state index in [-0.39, 0.29) is 4.90 Å². The Balaban J connectivity index is 1.67. The van der Waals surface area contributed by atoms with Crippen LogP contribution >= 0.6 is 11.3 Å². The zero-order chi connectivity index (χ0) is 23.6. The highest BCUT2D eigenvalue weighted by molar-refractivity contribution is 7.89. The van der Waals surface area contributed by atoms with Crippen molar-refractivity contribution in [1.29, 1.82) is 0 Å². The van der Waals surface area contributed by atoms with Gasteiger partial charge in [-0.1, -0.05) is 55.5 Å².